The number of thiazole rings is 1. The highest BCUT2D eigenvalue weighted by Crippen LogP contribution is 2.26. The van der Waals surface area contributed by atoms with Gasteiger partial charge in [-0.1, -0.05) is 18.2 Å². The van der Waals surface area contributed by atoms with Gasteiger partial charge in [0.15, 0.2) is 16.8 Å². The molecule has 2 aromatic carbocycles. The van der Waals surface area contributed by atoms with Gasteiger partial charge in [-0.05, 0) is 30.3 Å². The minimum absolute atomic E-state index is 0.135. The highest BCUT2D eigenvalue weighted by atomic mass is 32.1. The normalized spacial score (nSPS) is 14.8. The van der Waals surface area contributed by atoms with Gasteiger partial charge in [0, 0.05) is 42.8 Å². The summed E-state index contributed by atoms with van der Waals surface area (Å²) in [6.45, 7) is 3.65. The van der Waals surface area contributed by atoms with Crippen LogP contribution >= 0.6 is 11.3 Å². The summed E-state index contributed by atoms with van der Waals surface area (Å²) in [4.78, 5) is 21.1. The number of para-hydroxylation sites is 1. The molecule has 8 heteroatoms. The third-order valence-corrected chi connectivity index (χ3v) is 5.58. The van der Waals surface area contributed by atoms with E-state index >= 15 is 0 Å². The molecule has 0 saturated carbocycles. The Bertz CT molecular complexity index is 987. The number of anilines is 2. The minimum Gasteiger partial charge on any atom is -0.369 e. The van der Waals surface area contributed by atoms with Crippen LogP contribution < -0.4 is 10.2 Å². The van der Waals surface area contributed by atoms with E-state index in [4.69, 9.17) is 0 Å². The average Bonchev–Trinajstić information content (AvgIpc) is 3.19. The molecule has 3 aromatic rings. The van der Waals surface area contributed by atoms with Crippen LogP contribution in [0.1, 0.15) is 0 Å². The lowest BCUT2D eigenvalue weighted by atomic mass is 10.2. The molecule has 0 aliphatic carbocycles. The van der Waals surface area contributed by atoms with E-state index in [1.54, 1.807) is 5.38 Å². The van der Waals surface area contributed by atoms with Gasteiger partial charge < -0.3 is 10.2 Å². The molecular formula is C21H20F2N4OS. The molecule has 0 bridgehead atoms. The number of halogens is 2. The lowest BCUT2D eigenvalue weighted by Crippen LogP contribution is -2.48. The van der Waals surface area contributed by atoms with Crippen molar-refractivity contribution in [3.05, 3.63) is 65.5 Å². The zero-order chi connectivity index (χ0) is 20.2. The molecule has 4 rings (SSSR count). The molecule has 5 nitrogen and oxygen atoms in total. The lowest BCUT2D eigenvalue weighted by molar-refractivity contribution is -0.117. The van der Waals surface area contributed by atoms with Crippen LogP contribution in [-0.2, 0) is 4.79 Å². The Hall–Kier alpha value is -2.84. The highest BCUT2D eigenvalue weighted by molar-refractivity contribution is 7.14. The van der Waals surface area contributed by atoms with Crippen LogP contribution in [0.4, 0.5) is 19.6 Å². The number of aromatic nitrogens is 1. The lowest BCUT2D eigenvalue weighted by Gasteiger charge is -2.35. The van der Waals surface area contributed by atoms with Gasteiger partial charge in [0.05, 0.1) is 12.2 Å². The van der Waals surface area contributed by atoms with Crippen molar-refractivity contribution in [2.24, 2.45) is 0 Å². The molecule has 1 fully saturated rings. The minimum atomic E-state index is -0.921. The van der Waals surface area contributed by atoms with Crippen LogP contribution in [0, 0.1) is 11.6 Å². The number of hydrogen-bond donors (Lipinski definition) is 1. The Morgan fingerprint density at radius 1 is 1.03 bits per heavy atom. The summed E-state index contributed by atoms with van der Waals surface area (Å²) in [7, 11) is 0. The number of benzene rings is 2. The fraction of sp³-hybridized carbons (Fsp3) is 0.238. The van der Waals surface area contributed by atoms with Gasteiger partial charge in [0.25, 0.3) is 0 Å². The van der Waals surface area contributed by atoms with Crippen LogP contribution in [0.5, 0.6) is 0 Å². The molecule has 1 aliphatic heterocycles. The van der Waals surface area contributed by atoms with Crippen molar-refractivity contribution in [2.45, 2.75) is 0 Å². The van der Waals surface area contributed by atoms with E-state index in [1.165, 1.54) is 23.1 Å². The monoisotopic (exact) mass is 414 g/mol. The van der Waals surface area contributed by atoms with Crippen LogP contribution in [0.25, 0.3) is 11.3 Å². The largest absolute Gasteiger partial charge is 0.369 e. The Morgan fingerprint density at radius 2 is 1.79 bits per heavy atom. The maximum absolute atomic E-state index is 13.4. The van der Waals surface area contributed by atoms with Gasteiger partial charge >= 0.3 is 0 Å². The van der Waals surface area contributed by atoms with E-state index in [0.29, 0.717) is 22.9 Å². The van der Waals surface area contributed by atoms with E-state index in [-0.39, 0.29) is 5.91 Å². The molecule has 1 saturated heterocycles. The number of hydrogen-bond acceptors (Lipinski definition) is 5. The van der Waals surface area contributed by atoms with E-state index < -0.39 is 11.6 Å². The molecule has 0 unspecified atom stereocenters. The van der Waals surface area contributed by atoms with Gasteiger partial charge in [-0.15, -0.1) is 11.3 Å². The van der Waals surface area contributed by atoms with Crippen molar-refractivity contribution >= 4 is 28.1 Å². The summed E-state index contributed by atoms with van der Waals surface area (Å²) >= 11 is 1.26. The van der Waals surface area contributed by atoms with Crippen molar-refractivity contribution in [2.75, 3.05) is 42.9 Å². The maximum atomic E-state index is 13.4. The Morgan fingerprint density at radius 3 is 2.52 bits per heavy atom. The third-order valence-electron chi connectivity index (χ3n) is 4.83. The second-order valence-electron chi connectivity index (χ2n) is 6.81. The summed E-state index contributed by atoms with van der Waals surface area (Å²) in [6.07, 6.45) is 0. The van der Waals surface area contributed by atoms with E-state index in [1.807, 2.05) is 18.2 Å². The maximum Gasteiger partial charge on any atom is 0.240 e. The van der Waals surface area contributed by atoms with Gasteiger partial charge in [-0.3, -0.25) is 9.69 Å². The Kier molecular flexibility index (Phi) is 5.82. The summed E-state index contributed by atoms with van der Waals surface area (Å²) in [5.74, 6) is -1.95. The summed E-state index contributed by atoms with van der Waals surface area (Å²) in [5, 5.41) is 4.95. The van der Waals surface area contributed by atoms with E-state index in [9.17, 15) is 13.6 Å². The number of nitrogens with zero attached hydrogens (tertiary/aromatic N) is 3. The van der Waals surface area contributed by atoms with Crippen molar-refractivity contribution < 1.29 is 13.6 Å². The first-order chi connectivity index (χ1) is 14.1. The molecular weight excluding hydrogens is 394 g/mol. The van der Waals surface area contributed by atoms with Crippen molar-refractivity contribution in [1.29, 1.82) is 0 Å². The Labute approximate surface area is 171 Å². The van der Waals surface area contributed by atoms with Crippen molar-refractivity contribution in [1.82, 2.24) is 9.88 Å². The predicted molar refractivity (Wildman–Crippen MR) is 111 cm³/mol. The van der Waals surface area contributed by atoms with E-state index in [2.05, 4.69) is 32.2 Å². The number of rotatable bonds is 5. The van der Waals surface area contributed by atoms with E-state index in [0.717, 1.165) is 38.3 Å². The van der Waals surface area contributed by atoms with Crippen LogP contribution in [0.3, 0.4) is 0 Å². The second kappa shape index (κ2) is 8.67. The SMILES string of the molecule is O=C(CN1CCN(c2ccccc2)CC1)Nc1nc(-c2ccc(F)c(F)c2)cs1. The van der Waals surface area contributed by atoms with Gasteiger partial charge in [0.1, 0.15) is 0 Å². The summed E-state index contributed by atoms with van der Waals surface area (Å²) in [5.41, 5.74) is 2.17. The molecule has 1 aliphatic rings. The van der Waals surface area contributed by atoms with Crippen LogP contribution in [0.2, 0.25) is 0 Å². The topological polar surface area (TPSA) is 48.5 Å². The molecule has 150 valence electrons. The van der Waals surface area contributed by atoms with Gasteiger partial charge in [-0.2, -0.15) is 0 Å². The Balaban J connectivity index is 1.29. The second-order valence-corrected chi connectivity index (χ2v) is 7.67. The first-order valence-electron chi connectivity index (χ1n) is 9.31. The first-order valence-corrected chi connectivity index (χ1v) is 10.2. The predicted octanol–water partition coefficient (Wildman–Crippen LogP) is 3.85. The molecule has 2 heterocycles. The standard InChI is InChI=1S/C21H20F2N4OS/c22-17-7-6-15(12-18(17)23)19-14-29-21(24-19)25-20(28)13-26-8-10-27(11-9-26)16-4-2-1-3-5-16/h1-7,12,14H,8-11,13H2,(H,24,25,28). The fourth-order valence-electron chi connectivity index (χ4n) is 3.28. The number of nitrogens with one attached hydrogen (secondary N) is 1. The van der Waals surface area contributed by atoms with Crippen LogP contribution in [0.15, 0.2) is 53.9 Å². The summed E-state index contributed by atoms with van der Waals surface area (Å²) in [6, 6.07) is 13.9. The smallest absolute Gasteiger partial charge is 0.240 e. The number of amides is 1. The van der Waals surface area contributed by atoms with Gasteiger partial charge in [-0.25, -0.2) is 13.8 Å². The van der Waals surface area contributed by atoms with Crippen LogP contribution in [-0.4, -0.2) is 48.5 Å². The first kappa shape index (κ1) is 19.5. The molecule has 1 N–H and O–H groups in total. The molecule has 0 spiro atoms. The van der Waals surface area contributed by atoms with Crippen molar-refractivity contribution in [3.8, 4) is 11.3 Å². The summed E-state index contributed by atoms with van der Waals surface area (Å²) < 4.78 is 26.5. The molecule has 1 aromatic heterocycles. The average molecular weight is 414 g/mol. The molecule has 0 atom stereocenters. The zero-order valence-electron chi connectivity index (χ0n) is 15.6. The number of carbonyl (C=O) groups is 1. The highest BCUT2D eigenvalue weighted by Gasteiger charge is 2.19. The molecule has 1 amide bonds. The third kappa shape index (κ3) is 4.78. The molecule has 29 heavy (non-hydrogen) atoms. The zero-order valence-corrected chi connectivity index (χ0v) is 16.5. The molecule has 0 radical (unpaired) electrons. The van der Waals surface area contributed by atoms with Gasteiger partial charge in [0.2, 0.25) is 5.91 Å². The number of piperazine rings is 1. The fourth-order valence-corrected chi connectivity index (χ4v) is 4.02. The quantitative estimate of drug-likeness (QED) is 0.689. The number of carbonyl (C=O) groups excluding carboxylic acids is 1. The van der Waals surface area contributed by atoms with Crippen molar-refractivity contribution in [3.63, 3.8) is 0 Å².